The molecular weight excluding hydrogens is 353 g/mol. The van der Waals surface area contributed by atoms with Crippen molar-refractivity contribution < 1.29 is 5.11 Å². The van der Waals surface area contributed by atoms with Crippen LogP contribution in [0.2, 0.25) is 0 Å². The molecule has 0 radical (unpaired) electrons. The van der Waals surface area contributed by atoms with E-state index in [9.17, 15) is 5.11 Å². The zero-order valence-corrected chi connectivity index (χ0v) is 14.1. The average Bonchev–Trinajstić information content (AvgIpc) is 2.38. The van der Waals surface area contributed by atoms with Crippen molar-refractivity contribution >= 4 is 29.9 Å². The molecular formula is C14H24IN3O. The summed E-state index contributed by atoms with van der Waals surface area (Å²) in [5.41, 5.74) is -0.0711. The molecule has 4 nitrogen and oxygen atoms in total. The molecule has 0 aliphatic heterocycles. The molecule has 1 aromatic carbocycles. The van der Waals surface area contributed by atoms with E-state index in [0.29, 0.717) is 6.54 Å². The van der Waals surface area contributed by atoms with E-state index in [-0.39, 0.29) is 24.0 Å². The van der Waals surface area contributed by atoms with E-state index in [1.807, 2.05) is 44.2 Å². The number of hydrogen-bond donors (Lipinski definition) is 3. The Hall–Kier alpha value is -0.820. The van der Waals surface area contributed by atoms with Gasteiger partial charge in [0.05, 0.1) is 6.54 Å². The van der Waals surface area contributed by atoms with Gasteiger partial charge in [0.15, 0.2) is 5.96 Å². The highest BCUT2D eigenvalue weighted by Crippen LogP contribution is 2.20. The van der Waals surface area contributed by atoms with E-state index >= 15 is 0 Å². The molecule has 0 aliphatic rings. The summed E-state index contributed by atoms with van der Waals surface area (Å²) in [6, 6.07) is 9.60. The van der Waals surface area contributed by atoms with Crippen LogP contribution in [-0.4, -0.2) is 30.7 Å². The first-order chi connectivity index (χ1) is 8.60. The zero-order chi connectivity index (χ0) is 13.4. The second-order valence-corrected chi connectivity index (χ2v) is 4.37. The number of nitrogens with one attached hydrogen (secondary N) is 2. The Balaban J connectivity index is 0.00000324. The lowest BCUT2D eigenvalue weighted by molar-refractivity contribution is 0.0672. The van der Waals surface area contributed by atoms with Gasteiger partial charge in [0.1, 0.15) is 5.60 Å². The zero-order valence-electron chi connectivity index (χ0n) is 11.8. The van der Waals surface area contributed by atoms with Crippen LogP contribution in [0.4, 0.5) is 0 Å². The molecule has 1 rings (SSSR count). The van der Waals surface area contributed by atoms with Crippen LogP contribution in [-0.2, 0) is 5.60 Å². The standard InChI is InChI=1S/C14H23N3O.HI/c1-4-15-13(16-5-2)17-11-14(3,18)12-9-7-6-8-10-12;/h6-10,18H,4-5,11H2,1-3H3,(H2,15,16,17);1H. The first kappa shape index (κ1) is 18.2. The Bertz CT molecular complexity index is 372. The average molecular weight is 377 g/mol. The number of rotatable bonds is 5. The lowest BCUT2D eigenvalue weighted by atomic mass is 9.96. The topological polar surface area (TPSA) is 56.7 Å². The van der Waals surface area contributed by atoms with Gasteiger partial charge in [-0.25, -0.2) is 4.99 Å². The van der Waals surface area contributed by atoms with Gasteiger partial charge in [-0.1, -0.05) is 30.3 Å². The molecule has 5 heteroatoms. The molecule has 1 unspecified atom stereocenters. The molecule has 0 aliphatic carbocycles. The SMILES string of the molecule is CCNC(=NCC(C)(O)c1ccccc1)NCC.I. The molecule has 0 saturated carbocycles. The van der Waals surface area contributed by atoms with Crippen molar-refractivity contribution in [2.45, 2.75) is 26.4 Å². The smallest absolute Gasteiger partial charge is 0.191 e. The van der Waals surface area contributed by atoms with Crippen molar-refractivity contribution in [2.75, 3.05) is 19.6 Å². The Morgan fingerprint density at radius 2 is 1.68 bits per heavy atom. The maximum atomic E-state index is 10.4. The molecule has 0 bridgehead atoms. The molecule has 0 amide bonds. The van der Waals surface area contributed by atoms with Crippen LogP contribution in [0.15, 0.2) is 35.3 Å². The fourth-order valence-corrected chi connectivity index (χ4v) is 1.63. The lowest BCUT2D eigenvalue weighted by Gasteiger charge is -2.22. The van der Waals surface area contributed by atoms with Crippen molar-refractivity contribution in [3.05, 3.63) is 35.9 Å². The van der Waals surface area contributed by atoms with E-state index in [2.05, 4.69) is 15.6 Å². The molecule has 108 valence electrons. The number of benzene rings is 1. The van der Waals surface area contributed by atoms with Crippen LogP contribution >= 0.6 is 24.0 Å². The van der Waals surface area contributed by atoms with E-state index in [4.69, 9.17) is 0 Å². The minimum Gasteiger partial charge on any atom is -0.384 e. The highest BCUT2D eigenvalue weighted by molar-refractivity contribution is 14.0. The van der Waals surface area contributed by atoms with Gasteiger partial charge in [-0.15, -0.1) is 24.0 Å². The van der Waals surface area contributed by atoms with Gasteiger partial charge in [-0.3, -0.25) is 0 Å². The third-order valence-corrected chi connectivity index (χ3v) is 2.63. The minimum absolute atomic E-state index is 0. The second-order valence-electron chi connectivity index (χ2n) is 4.37. The molecule has 0 spiro atoms. The first-order valence-corrected chi connectivity index (χ1v) is 6.40. The predicted octanol–water partition coefficient (Wildman–Crippen LogP) is 2.09. The van der Waals surface area contributed by atoms with Crippen LogP contribution in [0.5, 0.6) is 0 Å². The maximum Gasteiger partial charge on any atom is 0.191 e. The maximum absolute atomic E-state index is 10.4. The first-order valence-electron chi connectivity index (χ1n) is 6.40. The van der Waals surface area contributed by atoms with Gasteiger partial charge >= 0.3 is 0 Å². The second kappa shape index (κ2) is 9.14. The summed E-state index contributed by atoms with van der Waals surface area (Å²) in [4.78, 5) is 4.40. The van der Waals surface area contributed by atoms with Crippen LogP contribution in [0.3, 0.4) is 0 Å². The fourth-order valence-electron chi connectivity index (χ4n) is 1.63. The highest BCUT2D eigenvalue weighted by atomic mass is 127. The summed E-state index contributed by atoms with van der Waals surface area (Å²) in [6.07, 6.45) is 0. The molecule has 1 aromatic rings. The monoisotopic (exact) mass is 377 g/mol. The number of halogens is 1. The summed E-state index contributed by atoms with van der Waals surface area (Å²) in [6.45, 7) is 7.75. The molecule has 0 saturated heterocycles. The Morgan fingerprint density at radius 1 is 1.16 bits per heavy atom. The Kier molecular flexibility index (Phi) is 8.75. The molecule has 3 N–H and O–H groups in total. The molecule has 0 aromatic heterocycles. The van der Waals surface area contributed by atoms with Gasteiger partial charge in [-0.2, -0.15) is 0 Å². The predicted molar refractivity (Wildman–Crippen MR) is 91.1 cm³/mol. The van der Waals surface area contributed by atoms with E-state index in [1.54, 1.807) is 6.92 Å². The third kappa shape index (κ3) is 6.24. The number of aliphatic imine (C=N–C) groups is 1. The van der Waals surface area contributed by atoms with Crippen LogP contribution in [0, 0.1) is 0 Å². The molecule has 19 heavy (non-hydrogen) atoms. The van der Waals surface area contributed by atoms with Crippen molar-refractivity contribution in [1.82, 2.24) is 10.6 Å². The largest absolute Gasteiger partial charge is 0.384 e. The Morgan fingerprint density at radius 3 is 2.16 bits per heavy atom. The van der Waals surface area contributed by atoms with Gasteiger partial charge in [0, 0.05) is 13.1 Å². The number of nitrogens with zero attached hydrogens (tertiary/aromatic N) is 1. The summed E-state index contributed by atoms with van der Waals surface area (Å²) >= 11 is 0. The Labute approximate surface area is 132 Å². The van der Waals surface area contributed by atoms with Crippen molar-refractivity contribution in [2.24, 2.45) is 4.99 Å². The molecule has 0 heterocycles. The van der Waals surface area contributed by atoms with E-state index in [0.717, 1.165) is 24.6 Å². The van der Waals surface area contributed by atoms with Gasteiger partial charge in [0.25, 0.3) is 0 Å². The number of aliphatic hydroxyl groups is 1. The van der Waals surface area contributed by atoms with Crippen molar-refractivity contribution in [3.63, 3.8) is 0 Å². The lowest BCUT2D eigenvalue weighted by Crippen LogP contribution is -2.38. The van der Waals surface area contributed by atoms with Gasteiger partial charge in [-0.05, 0) is 26.3 Å². The summed E-state index contributed by atoms with van der Waals surface area (Å²) in [5.74, 6) is 0.733. The van der Waals surface area contributed by atoms with Gasteiger partial charge < -0.3 is 15.7 Å². The number of guanidine groups is 1. The summed E-state index contributed by atoms with van der Waals surface area (Å²) in [7, 11) is 0. The van der Waals surface area contributed by atoms with Crippen LogP contribution in [0.25, 0.3) is 0 Å². The van der Waals surface area contributed by atoms with Crippen LogP contribution < -0.4 is 10.6 Å². The third-order valence-electron chi connectivity index (χ3n) is 2.63. The minimum atomic E-state index is -0.947. The highest BCUT2D eigenvalue weighted by Gasteiger charge is 2.22. The number of hydrogen-bond acceptors (Lipinski definition) is 2. The van der Waals surface area contributed by atoms with E-state index in [1.165, 1.54) is 0 Å². The van der Waals surface area contributed by atoms with E-state index < -0.39 is 5.60 Å². The summed E-state index contributed by atoms with van der Waals surface area (Å²) in [5, 5.41) is 16.7. The fraction of sp³-hybridized carbons (Fsp3) is 0.500. The van der Waals surface area contributed by atoms with Crippen LogP contribution in [0.1, 0.15) is 26.3 Å². The van der Waals surface area contributed by atoms with Crippen molar-refractivity contribution in [1.29, 1.82) is 0 Å². The quantitative estimate of drug-likeness (QED) is 0.419. The summed E-state index contributed by atoms with van der Waals surface area (Å²) < 4.78 is 0. The normalized spacial score (nSPS) is 12.8. The molecule has 1 atom stereocenters. The molecule has 0 fully saturated rings. The van der Waals surface area contributed by atoms with Crippen molar-refractivity contribution in [3.8, 4) is 0 Å². The van der Waals surface area contributed by atoms with Gasteiger partial charge in [0.2, 0.25) is 0 Å².